The van der Waals surface area contributed by atoms with Crippen molar-refractivity contribution in [2.24, 2.45) is 0 Å². The topological polar surface area (TPSA) is 45.2 Å². The largest absolute Gasteiger partial charge is 0.508 e. The lowest BCUT2D eigenvalue weighted by molar-refractivity contribution is 0.348. The first-order valence-corrected chi connectivity index (χ1v) is 19.6. The highest BCUT2D eigenvalue weighted by molar-refractivity contribution is 7.80. The molecule has 0 radical (unpaired) electrons. The van der Waals surface area contributed by atoms with Crippen LogP contribution in [0.2, 0.25) is 5.02 Å². The van der Waals surface area contributed by atoms with E-state index in [-0.39, 0.29) is 7.43 Å². The number of hydrogen-bond donors (Lipinski definition) is 1. The van der Waals surface area contributed by atoms with E-state index in [0.717, 1.165) is 116 Å². The minimum absolute atomic E-state index is 0. The predicted octanol–water partition coefficient (Wildman–Crippen LogP) is 11.1. The van der Waals surface area contributed by atoms with Gasteiger partial charge in [-0.25, -0.2) is 0 Å². The summed E-state index contributed by atoms with van der Waals surface area (Å²) in [5.41, 5.74) is 11.6. The zero-order chi connectivity index (χ0) is 37.2. The fourth-order valence-electron chi connectivity index (χ4n) is 7.05. The molecular formula is C45H57ClN2O3S2. The number of aryl methyl sites for hydroxylation is 6. The van der Waals surface area contributed by atoms with Gasteiger partial charge < -0.3 is 24.4 Å². The molecule has 0 unspecified atom stereocenters. The first-order chi connectivity index (χ1) is 25.0. The van der Waals surface area contributed by atoms with Gasteiger partial charge in [0, 0.05) is 31.2 Å². The lowest BCUT2D eigenvalue weighted by atomic mass is 9.98. The lowest BCUT2D eigenvalue weighted by Crippen LogP contribution is -2.34. The van der Waals surface area contributed by atoms with E-state index in [9.17, 15) is 5.11 Å². The Bertz CT molecular complexity index is 1860. The van der Waals surface area contributed by atoms with Crippen LogP contribution < -0.4 is 9.47 Å². The van der Waals surface area contributed by atoms with E-state index in [0.29, 0.717) is 5.75 Å². The third-order valence-corrected chi connectivity index (χ3v) is 11.6. The summed E-state index contributed by atoms with van der Waals surface area (Å²) >= 11 is 17.4. The molecule has 2 aliphatic heterocycles. The van der Waals surface area contributed by atoms with Crippen LogP contribution in [0.15, 0.2) is 66.7 Å². The molecule has 5 nitrogen and oxygen atoms in total. The molecule has 0 amide bonds. The smallest absolute Gasteiger partial charge is 0.161 e. The molecule has 0 spiro atoms. The SMILES string of the molecule is C.COc1cc2c(cc1OC)CN(C(=S)CCCc1ccc(C)c(C)c1)CC2.Cc1cc2c(cc1O)CN(C(=S)CCCc1ccc(Cl)cc1)CCC2. The van der Waals surface area contributed by atoms with Crippen LogP contribution in [0.4, 0.5) is 0 Å². The maximum atomic E-state index is 10.0. The van der Waals surface area contributed by atoms with Crippen molar-refractivity contribution < 1.29 is 14.6 Å². The predicted molar refractivity (Wildman–Crippen MR) is 230 cm³/mol. The standard InChI is InChI=1S/C23H29NO2S.C21H24ClNOS.CH4/c1-16-8-9-18(12-17(16)2)6-5-7-23(27)24-11-10-19-13-21(25-3)22(26-4)14-20(19)15-24;1-15-12-17-5-3-11-23(14-18(17)13-20(15)24)21(25)6-2-4-16-7-9-19(22)10-8-16;/h8-9,12-14H,5-7,10-11,15H2,1-4H3;7-10,12-13,24H,2-6,11,14H2,1H3;1H4. The molecule has 4 aromatic carbocycles. The first-order valence-electron chi connectivity index (χ1n) is 18.5. The molecule has 0 atom stereocenters. The Morgan fingerprint density at radius 2 is 1.21 bits per heavy atom. The summed E-state index contributed by atoms with van der Waals surface area (Å²) in [6, 6.07) is 23.0. The van der Waals surface area contributed by atoms with E-state index in [1.807, 2.05) is 25.1 Å². The van der Waals surface area contributed by atoms with Crippen LogP contribution in [-0.2, 0) is 38.8 Å². The van der Waals surface area contributed by atoms with Gasteiger partial charge in [0.2, 0.25) is 0 Å². The van der Waals surface area contributed by atoms with Crippen molar-refractivity contribution in [2.75, 3.05) is 27.3 Å². The number of phenols is 1. The monoisotopic (exact) mass is 772 g/mol. The number of nitrogens with zero attached hydrogens (tertiary/aromatic N) is 2. The van der Waals surface area contributed by atoms with Crippen molar-refractivity contribution in [3.8, 4) is 17.2 Å². The minimum atomic E-state index is 0. The van der Waals surface area contributed by atoms with Crippen molar-refractivity contribution in [1.82, 2.24) is 9.80 Å². The third kappa shape index (κ3) is 11.7. The number of rotatable bonds is 10. The van der Waals surface area contributed by atoms with Crippen molar-refractivity contribution >= 4 is 46.0 Å². The molecule has 0 bridgehead atoms. The Balaban J connectivity index is 0.000000233. The van der Waals surface area contributed by atoms with Gasteiger partial charge in [-0.15, -0.1) is 0 Å². The highest BCUT2D eigenvalue weighted by Crippen LogP contribution is 2.34. The molecule has 4 aromatic rings. The first kappa shape index (κ1) is 42.1. The van der Waals surface area contributed by atoms with Crippen molar-refractivity contribution in [2.45, 2.75) is 99.1 Å². The van der Waals surface area contributed by atoms with Crippen LogP contribution in [0, 0.1) is 20.8 Å². The van der Waals surface area contributed by atoms with E-state index in [4.69, 9.17) is 45.5 Å². The Morgan fingerprint density at radius 1 is 0.660 bits per heavy atom. The molecule has 1 N–H and O–H groups in total. The summed E-state index contributed by atoms with van der Waals surface area (Å²) in [5, 5.41) is 10.8. The molecule has 2 aliphatic rings. The minimum Gasteiger partial charge on any atom is -0.508 e. The Labute approximate surface area is 334 Å². The molecule has 8 heteroatoms. The molecule has 284 valence electrons. The van der Waals surface area contributed by atoms with Crippen molar-refractivity contribution in [3.05, 3.63) is 122 Å². The van der Waals surface area contributed by atoms with Gasteiger partial charge in [0.15, 0.2) is 11.5 Å². The number of methoxy groups -OCH3 is 2. The molecule has 6 rings (SSSR count). The highest BCUT2D eigenvalue weighted by atomic mass is 35.5. The second kappa shape index (κ2) is 20.1. The summed E-state index contributed by atoms with van der Waals surface area (Å²) in [4.78, 5) is 6.74. The van der Waals surface area contributed by atoms with E-state index in [2.05, 4.69) is 72.2 Å². The van der Waals surface area contributed by atoms with Gasteiger partial charge in [-0.3, -0.25) is 0 Å². The molecule has 0 fully saturated rings. The fourth-order valence-corrected chi connectivity index (χ4v) is 7.77. The Morgan fingerprint density at radius 3 is 1.83 bits per heavy atom. The van der Waals surface area contributed by atoms with Crippen molar-refractivity contribution in [1.29, 1.82) is 0 Å². The molecule has 0 aliphatic carbocycles. The molecular weight excluding hydrogens is 716 g/mol. The van der Waals surface area contributed by atoms with Crippen LogP contribution in [0.5, 0.6) is 17.2 Å². The summed E-state index contributed by atoms with van der Waals surface area (Å²) in [5.74, 6) is 1.98. The molecule has 0 saturated heterocycles. The van der Waals surface area contributed by atoms with Crippen LogP contribution in [0.25, 0.3) is 0 Å². The van der Waals surface area contributed by atoms with Gasteiger partial charge in [-0.2, -0.15) is 0 Å². The molecule has 2 heterocycles. The lowest BCUT2D eigenvalue weighted by Gasteiger charge is -2.31. The van der Waals surface area contributed by atoms with Gasteiger partial charge in [0.1, 0.15) is 5.75 Å². The van der Waals surface area contributed by atoms with Crippen LogP contribution in [0.1, 0.15) is 89.6 Å². The average molecular weight is 774 g/mol. The number of fused-ring (bicyclic) bond motifs is 2. The normalized spacial score (nSPS) is 13.4. The maximum Gasteiger partial charge on any atom is 0.161 e. The maximum absolute atomic E-state index is 10.0. The number of phenolic OH excluding ortho intramolecular Hbond substituents is 1. The van der Waals surface area contributed by atoms with Gasteiger partial charge >= 0.3 is 0 Å². The molecule has 0 saturated carbocycles. The number of halogens is 1. The molecule has 0 aromatic heterocycles. The van der Waals surface area contributed by atoms with Crippen LogP contribution in [0.3, 0.4) is 0 Å². The van der Waals surface area contributed by atoms with Gasteiger partial charge in [0.25, 0.3) is 0 Å². The number of thiocarbonyl (C=S) groups is 2. The zero-order valence-electron chi connectivity index (χ0n) is 31.4. The number of aromatic hydroxyl groups is 1. The van der Waals surface area contributed by atoms with Crippen molar-refractivity contribution in [3.63, 3.8) is 0 Å². The number of hydrogen-bond acceptors (Lipinski definition) is 5. The van der Waals surface area contributed by atoms with E-state index < -0.39 is 0 Å². The Hall–Kier alpha value is -3.65. The van der Waals surface area contributed by atoms with E-state index in [1.165, 1.54) is 44.5 Å². The second-order valence-electron chi connectivity index (χ2n) is 14.1. The van der Waals surface area contributed by atoms with E-state index >= 15 is 0 Å². The quantitative estimate of drug-likeness (QED) is 0.161. The van der Waals surface area contributed by atoms with Crippen LogP contribution >= 0.6 is 36.0 Å². The molecule has 53 heavy (non-hydrogen) atoms. The van der Waals surface area contributed by atoms with Gasteiger partial charge in [-0.1, -0.05) is 79.9 Å². The van der Waals surface area contributed by atoms with Crippen LogP contribution in [-0.4, -0.2) is 52.2 Å². The summed E-state index contributed by atoms with van der Waals surface area (Å²) < 4.78 is 10.9. The second-order valence-corrected chi connectivity index (χ2v) is 15.5. The summed E-state index contributed by atoms with van der Waals surface area (Å²) in [7, 11) is 3.37. The highest BCUT2D eigenvalue weighted by Gasteiger charge is 2.21. The number of ether oxygens (including phenoxy) is 2. The zero-order valence-corrected chi connectivity index (χ0v) is 33.8. The fraction of sp³-hybridized carbons (Fsp3) is 0.422. The summed E-state index contributed by atoms with van der Waals surface area (Å²) in [6.45, 7) is 9.94. The van der Waals surface area contributed by atoms with Gasteiger partial charge in [0.05, 0.1) is 24.2 Å². The van der Waals surface area contributed by atoms with Gasteiger partial charge in [-0.05, 0) is 159 Å². The average Bonchev–Trinajstić information content (AvgIpc) is 3.35. The summed E-state index contributed by atoms with van der Waals surface area (Å²) in [6.07, 6.45) is 9.27. The number of benzene rings is 4. The Kier molecular flexibility index (Phi) is 16.0. The third-order valence-electron chi connectivity index (χ3n) is 10.4. The van der Waals surface area contributed by atoms with E-state index in [1.54, 1.807) is 14.2 Å².